The van der Waals surface area contributed by atoms with E-state index in [4.69, 9.17) is 9.84 Å². The number of hydrogen-bond donors (Lipinski definition) is 2. The number of aliphatic hydroxyl groups excluding tert-OH is 1. The molecule has 1 rings (SSSR count). The van der Waals surface area contributed by atoms with E-state index in [0.717, 1.165) is 17.9 Å². The fraction of sp³-hybridized carbons (Fsp3) is 0.636. The lowest BCUT2D eigenvalue weighted by molar-refractivity contribution is 0.177. The molecule has 0 aliphatic heterocycles. The van der Waals surface area contributed by atoms with Crippen molar-refractivity contribution in [2.75, 3.05) is 19.0 Å². The molecule has 0 amide bonds. The van der Waals surface area contributed by atoms with E-state index in [1.807, 2.05) is 19.9 Å². The van der Waals surface area contributed by atoms with Gasteiger partial charge in [0.05, 0.1) is 12.6 Å². The number of anilines is 1. The summed E-state index contributed by atoms with van der Waals surface area (Å²) in [5.41, 5.74) is 0.886. The summed E-state index contributed by atoms with van der Waals surface area (Å²) in [5.74, 6) is 1.39. The molecule has 0 radical (unpaired) electrons. The molecule has 16 heavy (non-hydrogen) atoms. The molecule has 0 bridgehead atoms. The van der Waals surface area contributed by atoms with E-state index in [0.29, 0.717) is 12.4 Å². The number of aliphatic hydroxyl groups is 1. The van der Waals surface area contributed by atoms with Crippen molar-refractivity contribution in [3.8, 4) is 0 Å². The first-order valence-corrected chi connectivity index (χ1v) is 5.40. The van der Waals surface area contributed by atoms with E-state index >= 15 is 0 Å². The number of methoxy groups -OCH3 is 1. The van der Waals surface area contributed by atoms with Gasteiger partial charge in [0.2, 0.25) is 0 Å². The molecule has 0 aromatic carbocycles. The minimum Gasteiger partial charge on any atom is -0.394 e. The summed E-state index contributed by atoms with van der Waals surface area (Å²) in [6.07, 6.45) is 0.846. The molecule has 0 aliphatic rings. The summed E-state index contributed by atoms with van der Waals surface area (Å²) in [7, 11) is 1.61. The summed E-state index contributed by atoms with van der Waals surface area (Å²) >= 11 is 0. The summed E-state index contributed by atoms with van der Waals surface area (Å²) in [6, 6.07) is 1.89. The highest BCUT2D eigenvalue weighted by Crippen LogP contribution is 2.09. The molecule has 0 spiro atoms. The first-order chi connectivity index (χ1) is 7.69. The Morgan fingerprint density at radius 1 is 1.50 bits per heavy atom. The predicted octanol–water partition coefficient (Wildman–Crippen LogP) is 1.11. The topological polar surface area (TPSA) is 67.3 Å². The lowest BCUT2D eigenvalue weighted by atomic mass is 10.2. The van der Waals surface area contributed by atoms with Crippen LogP contribution in [0.4, 0.5) is 5.82 Å². The molecule has 1 heterocycles. The Kier molecular flexibility index (Phi) is 5.14. The van der Waals surface area contributed by atoms with Gasteiger partial charge < -0.3 is 15.2 Å². The summed E-state index contributed by atoms with van der Waals surface area (Å²) in [6.45, 7) is 4.41. The quantitative estimate of drug-likeness (QED) is 0.759. The highest BCUT2D eigenvalue weighted by molar-refractivity contribution is 5.36. The molecule has 0 saturated heterocycles. The van der Waals surface area contributed by atoms with Crippen LogP contribution in [0.1, 0.15) is 24.9 Å². The van der Waals surface area contributed by atoms with Gasteiger partial charge in [-0.2, -0.15) is 0 Å². The van der Waals surface area contributed by atoms with Crippen LogP contribution in [0.5, 0.6) is 0 Å². The third-order valence-electron chi connectivity index (χ3n) is 2.24. The summed E-state index contributed by atoms with van der Waals surface area (Å²) < 4.78 is 4.99. The molecule has 1 aromatic heterocycles. The lowest BCUT2D eigenvalue weighted by Gasteiger charge is -2.15. The van der Waals surface area contributed by atoms with E-state index in [1.54, 1.807) is 7.11 Å². The van der Waals surface area contributed by atoms with Crippen LogP contribution < -0.4 is 5.32 Å². The fourth-order valence-electron chi connectivity index (χ4n) is 1.38. The monoisotopic (exact) mass is 225 g/mol. The Morgan fingerprint density at radius 2 is 2.25 bits per heavy atom. The number of nitrogens with zero attached hydrogens (tertiary/aromatic N) is 2. The van der Waals surface area contributed by atoms with Gasteiger partial charge >= 0.3 is 0 Å². The van der Waals surface area contributed by atoms with Crippen molar-refractivity contribution in [2.24, 2.45) is 0 Å². The van der Waals surface area contributed by atoms with Crippen LogP contribution in [-0.2, 0) is 11.3 Å². The minimum absolute atomic E-state index is 0.0321. The number of ether oxygens (including phenoxy) is 1. The number of aryl methyl sites for hydroxylation is 1. The Morgan fingerprint density at radius 3 is 2.81 bits per heavy atom. The largest absolute Gasteiger partial charge is 0.394 e. The van der Waals surface area contributed by atoms with Gasteiger partial charge in [-0.25, -0.2) is 9.97 Å². The predicted molar refractivity (Wildman–Crippen MR) is 62.3 cm³/mol. The third kappa shape index (κ3) is 3.75. The minimum atomic E-state index is 0.0321. The van der Waals surface area contributed by atoms with Gasteiger partial charge in [-0.15, -0.1) is 0 Å². The van der Waals surface area contributed by atoms with E-state index in [9.17, 15) is 0 Å². The molecule has 0 aliphatic carbocycles. The second-order valence-corrected chi connectivity index (χ2v) is 3.68. The smallest absolute Gasteiger partial charge is 0.156 e. The average Bonchev–Trinajstić information content (AvgIpc) is 2.25. The first kappa shape index (κ1) is 12.9. The van der Waals surface area contributed by atoms with Crippen LogP contribution in [-0.4, -0.2) is 34.8 Å². The molecule has 0 saturated carbocycles. The van der Waals surface area contributed by atoms with E-state index < -0.39 is 0 Å². The van der Waals surface area contributed by atoms with Gasteiger partial charge in [-0.05, 0) is 13.3 Å². The average molecular weight is 225 g/mol. The Labute approximate surface area is 95.9 Å². The molecule has 1 atom stereocenters. The van der Waals surface area contributed by atoms with Crippen LogP contribution in [0.15, 0.2) is 6.07 Å². The lowest BCUT2D eigenvalue weighted by Crippen LogP contribution is -2.23. The van der Waals surface area contributed by atoms with Crippen LogP contribution in [0.3, 0.4) is 0 Å². The summed E-state index contributed by atoms with van der Waals surface area (Å²) in [4.78, 5) is 8.54. The van der Waals surface area contributed by atoms with Crippen molar-refractivity contribution in [1.82, 2.24) is 9.97 Å². The summed E-state index contributed by atoms with van der Waals surface area (Å²) in [5, 5.41) is 12.3. The second-order valence-electron chi connectivity index (χ2n) is 3.68. The van der Waals surface area contributed by atoms with Gasteiger partial charge in [-0.3, -0.25) is 0 Å². The van der Waals surface area contributed by atoms with Gasteiger partial charge in [0.15, 0.2) is 5.82 Å². The van der Waals surface area contributed by atoms with E-state index in [-0.39, 0.29) is 12.6 Å². The second kappa shape index (κ2) is 6.40. The fourth-order valence-corrected chi connectivity index (χ4v) is 1.38. The number of nitrogens with one attached hydrogen (secondary N) is 1. The molecule has 5 nitrogen and oxygen atoms in total. The van der Waals surface area contributed by atoms with Crippen molar-refractivity contribution in [1.29, 1.82) is 0 Å². The first-order valence-electron chi connectivity index (χ1n) is 5.40. The Balaban J connectivity index is 2.78. The van der Waals surface area contributed by atoms with Crippen LogP contribution >= 0.6 is 0 Å². The number of rotatable bonds is 6. The van der Waals surface area contributed by atoms with Crippen molar-refractivity contribution in [3.63, 3.8) is 0 Å². The molecule has 0 unspecified atom stereocenters. The Bertz CT molecular complexity index is 327. The zero-order valence-electron chi connectivity index (χ0n) is 10.0. The van der Waals surface area contributed by atoms with E-state index in [1.165, 1.54) is 0 Å². The zero-order valence-corrected chi connectivity index (χ0v) is 10.0. The standard InChI is InChI=1S/C11H19N3O2/c1-4-9(6-15)13-10-5-8(2)12-11(14-10)7-16-3/h5,9,15H,4,6-7H2,1-3H3,(H,12,13,14)/t9-/m1/s1. The maximum Gasteiger partial charge on any atom is 0.156 e. The SMILES string of the molecule is CC[C@H](CO)Nc1cc(C)nc(COC)n1. The molecular weight excluding hydrogens is 206 g/mol. The zero-order chi connectivity index (χ0) is 12.0. The number of hydrogen-bond acceptors (Lipinski definition) is 5. The molecular formula is C11H19N3O2. The molecule has 0 fully saturated rings. The van der Waals surface area contributed by atoms with Gasteiger partial charge in [0, 0.05) is 18.9 Å². The molecule has 1 aromatic rings. The van der Waals surface area contributed by atoms with Crippen LogP contribution in [0.25, 0.3) is 0 Å². The highest BCUT2D eigenvalue weighted by atomic mass is 16.5. The molecule has 5 heteroatoms. The molecule has 2 N–H and O–H groups in total. The van der Waals surface area contributed by atoms with E-state index in [2.05, 4.69) is 15.3 Å². The number of aromatic nitrogens is 2. The normalized spacial score (nSPS) is 12.5. The van der Waals surface area contributed by atoms with Crippen molar-refractivity contribution in [3.05, 3.63) is 17.6 Å². The van der Waals surface area contributed by atoms with Gasteiger partial charge in [0.25, 0.3) is 0 Å². The third-order valence-corrected chi connectivity index (χ3v) is 2.24. The van der Waals surface area contributed by atoms with Gasteiger partial charge in [0.1, 0.15) is 12.4 Å². The maximum absolute atomic E-state index is 9.10. The van der Waals surface area contributed by atoms with Crippen molar-refractivity contribution in [2.45, 2.75) is 32.9 Å². The van der Waals surface area contributed by atoms with Crippen LogP contribution in [0, 0.1) is 6.92 Å². The van der Waals surface area contributed by atoms with Crippen molar-refractivity contribution < 1.29 is 9.84 Å². The molecule has 90 valence electrons. The van der Waals surface area contributed by atoms with Crippen LogP contribution in [0.2, 0.25) is 0 Å². The maximum atomic E-state index is 9.10. The Hall–Kier alpha value is -1.20. The highest BCUT2D eigenvalue weighted by Gasteiger charge is 2.07. The van der Waals surface area contributed by atoms with Gasteiger partial charge in [-0.1, -0.05) is 6.92 Å². The van der Waals surface area contributed by atoms with Crippen molar-refractivity contribution >= 4 is 5.82 Å².